The number of hydrogen-bond acceptors (Lipinski definition) is 3. The lowest BCUT2D eigenvalue weighted by Gasteiger charge is -2.36. The summed E-state index contributed by atoms with van der Waals surface area (Å²) in [5.41, 5.74) is 1.20. The molecule has 0 saturated carbocycles. The zero-order valence-electron chi connectivity index (χ0n) is 15.1. The van der Waals surface area contributed by atoms with Gasteiger partial charge in [-0.1, -0.05) is 31.5 Å². The Morgan fingerprint density at radius 3 is 2.00 bits per heavy atom. The highest BCUT2D eigenvalue weighted by Crippen LogP contribution is 2.26. The Labute approximate surface area is 148 Å². The van der Waals surface area contributed by atoms with Crippen molar-refractivity contribution in [3.8, 4) is 0 Å². The summed E-state index contributed by atoms with van der Waals surface area (Å²) in [6, 6.07) is 7.47. The zero-order valence-corrected chi connectivity index (χ0v) is 15.1. The van der Waals surface area contributed by atoms with Crippen molar-refractivity contribution in [2.24, 2.45) is 5.41 Å². The average Bonchev–Trinajstić information content (AvgIpc) is 2.53. The van der Waals surface area contributed by atoms with Gasteiger partial charge in [0.25, 0.3) is 5.91 Å². The third-order valence-corrected chi connectivity index (χ3v) is 4.48. The Kier molecular flexibility index (Phi) is 5.82. The number of aryl methyl sites for hydroxylation is 1. The third kappa shape index (κ3) is 5.31. The Morgan fingerprint density at radius 2 is 1.48 bits per heavy atom. The van der Waals surface area contributed by atoms with Crippen LogP contribution in [0.25, 0.3) is 0 Å². The fourth-order valence-electron chi connectivity index (χ4n) is 3.03. The average molecular weight is 346 g/mol. The minimum atomic E-state index is -0.897. The molecule has 25 heavy (non-hydrogen) atoms. The van der Waals surface area contributed by atoms with Crippen molar-refractivity contribution in [3.63, 3.8) is 0 Å². The fourth-order valence-corrected chi connectivity index (χ4v) is 3.03. The molecule has 0 spiro atoms. The van der Waals surface area contributed by atoms with Crippen molar-refractivity contribution in [1.82, 2.24) is 9.80 Å². The first-order chi connectivity index (χ1) is 11.7. The molecular formula is C19H26N2O4. The van der Waals surface area contributed by atoms with E-state index in [1.165, 1.54) is 0 Å². The van der Waals surface area contributed by atoms with Crippen LogP contribution in [-0.4, -0.2) is 58.9 Å². The summed E-state index contributed by atoms with van der Waals surface area (Å²) in [6.07, 6.45) is 0.163. The van der Waals surface area contributed by atoms with E-state index in [0.29, 0.717) is 31.7 Å². The van der Waals surface area contributed by atoms with Gasteiger partial charge in [-0.05, 0) is 24.5 Å². The molecule has 1 fully saturated rings. The molecule has 0 bridgehead atoms. The third-order valence-electron chi connectivity index (χ3n) is 4.48. The second-order valence-corrected chi connectivity index (χ2v) is 7.45. The minimum Gasteiger partial charge on any atom is -0.481 e. The number of carboxylic acids is 1. The van der Waals surface area contributed by atoms with E-state index in [1.807, 2.05) is 31.2 Å². The second kappa shape index (κ2) is 7.68. The van der Waals surface area contributed by atoms with E-state index in [0.717, 1.165) is 5.56 Å². The van der Waals surface area contributed by atoms with Crippen LogP contribution in [0.2, 0.25) is 0 Å². The summed E-state index contributed by atoms with van der Waals surface area (Å²) in [5.74, 6) is -0.960. The molecule has 1 heterocycles. The van der Waals surface area contributed by atoms with Gasteiger partial charge in [-0.3, -0.25) is 14.4 Å². The molecule has 6 heteroatoms. The molecule has 1 aromatic carbocycles. The number of hydrogen-bond donors (Lipinski definition) is 1. The molecule has 1 aliphatic rings. The summed E-state index contributed by atoms with van der Waals surface area (Å²) in [4.78, 5) is 39.3. The lowest BCUT2D eigenvalue weighted by molar-refractivity contribution is -0.141. The van der Waals surface area contributed by atoms with Crippen molar-refractivity contribution in [1.29, 1.82) is 0 Å². The van der Waals surface area contributed by atoms with Crippen molar-refractivity contribution in [3.05, 3.63) is 35.4 Å². The predicted octanol–water partition coefficient (Wildman–Crippen LogP) is 2.17. The topological polar surface area (TPSA) is 77.9 Å². The summed E-state index contributed by atoms with van der Waals surface area (Å²) in [6.45, 7) is 7.52. The van der Waals surface area contributed by atoms with Crippen LogP contribution < -0.4 is 0 Å². The maximum atomic E-state index is 12.5. The summed E-state index contributed by atoms with van der Waals surface area (Å²) < 4.78 is 0. The number of benzene rings is 1. The Hall–Kier alpha value is -2.37. The summed E-state index contributed by atoms with van der Waals surface area (Å²) in [5, 5.41) is 8.92. The van der Waals surface area contributed by atoms with Gasteiger partial charge in [0.15, 0.2) is 0 Å². The van der Waals surface area contributed by atoms with Crippen LogP contribution in [0.3, 0.4) is 0 Å². The van der Waals surface area contributed by atoms with Gasteiger partial charge in [0, 0.05) is 38.2 Å². The van der Waals surface area contributed by atoms with Crippen LogP contribution in [0.1, 0.15) is 42.6 Å². The smallest absolute Gasteiger partial charge is 0.303 e. The highest BCUT2D eigenvalue weighted by atomic mass is 16.4. The lowest BCUT2D eigenvalue weighted by atomic mass is 9.85. The Balaban J connectivity index is 1.88. The summed E-state index contributed by atoms with van der Waals surface area (Å²) >= 11 is 0. The molecule has 2 rings (SSSR count). The van der Waals surface area contributed by atoms with E-state index >= 15 is 0 Å². The number of aliphatic carboxylic acids is 1. The molecule has 2 amide bonds. The quantitative estimate of drug-likeness (QED) is 0.886. The van der Waals surface area contributed by atoms with Crippen LogP contribution in [-0.2, 0) is 9.59 Å². The number of piperazine rings is 1. The van der Waals surface area contributed by atoms with Gasteiger partial charge in [0.2, 0.25) is 5.91 Å². The van der Waals surface area contributed by atoms with E-state index < -0.39 is 11.4 Å². The summed E-state index contributed by atoms with van der Waals surface area (Å²) in [7, 11) is 0. The first kappa shape index (κ1) is 19.0. The molecule has 1 aliphatic heterocycles. The first-order valence-corrected chi connectivity index (χ1v) is 8.53. The molecule has 0 radical (unpaired) electrons. The van der Waals surface area contributed by atoms with Crippen LogP contribution in [0.5, 0.6) is 0 Å². The molecule has 0 aromatic heterocycles. The van der Waals surface area contributed by atoms with Crippen molar-refractivity contribution < 1.29 is 19.5 Å². The normalized spacial score (nSPS) is 15.2. The standard InChI is InChI=1S/C19H26N2O4/c1-14-4-6-15(7-5-14)18(25)21-10-8-20(9-11-21)16(22)12-19(2,3)13-17(23)24/h4-7H,8-13H2,1-3H3,(H,23,24). The van der Waals surface area contributed by atoms with E-state index in [9.17, 15) is 14.4 Å². The maximum Gasteiger partial charge on any atom is 0.303 e. The van der Waals surface area contributed by atoms with Gasteiger partial charge in [-0.15, -0.1) is 0 Å². The van der Waals surface area contributed by atoms with E-state index in [1.54, 1.807) is 23.6 Å². The largest absolute Gasteiger partial charge is 0.481 e. The molecule has 1 aromatic rings. The number of rotatable bonds is 5. The van der Waals surface area contributed by atoms with Gasteiger partial charge in [-0.25, -0.2) is 0 Å². The lowest BCUT2D eigenvalue weighted by Crippen LogP contribution is -2.51. The predicted molar refractivity (Wildman–Crippen MR) is 94.3 cm³/mol. The molecule has 0 atom stereocenters. The Morgan fingerprint density at radius 1 is 0.960 bits per heavy atom. The van der Waals surface area contributed by atoms with E-state index in [2.05, 4.69) is 0 Å². The zero-order chi connectivity index (χ0) is 18.6. The van der Waals surface area contributed by atoms with Crippen LogP contribution >= 0.6 is 0 Å². The number of amides is 2. The van der Waals surface area contributed by atoms with E-state index in [4.69, 9.17) is 5.11 Å². The molecule has 1 saturated heterocycles. The molecule has 6 nitrogen and oxygen atoms in total. The minimum absolute atomic E-state index is 0.0155. The van der Waals surface area contributed by atoms with Gasteiger partial charge in [-0.2, -0.15) is 0 Å². The number of carbonyl (C=O) groups is 3. The van der Waals surface area contributed by atoms with Crippen LogP contribution in [0.4, 0.5) is 0 Å². The van der Waals surface area contributed by atoms with Gasteiger partial charge >= 0.3 is 5.97 Å². The maximum absolute atomic E-state index is 12.5. The van der Waals surface area contributed by atoms with Crippen molar-refractivity contribution >= 4 is 17.8 Å². The first-order valence-electron chi connectivity index (χ1n) is 8.53. The van der Waals surface area contributed by atoms with Gasteiger partial charge in [0.1, 0.15) is 0 Å². The number of nitrogens with zero attached hydrogens (tertiary/aromatic N) is 2. The van der Waals surface area contributed by atoms with Crippen LogP contribution in [0, 0.1) is 12.3 Å². The highest BCUT2D eigenvalue weighted by Gasteiger charge is 2.30. The van der Waals surface area contributed by atoms with Crippen LogP contribution in [0.15, 0.2) is 24.3 Å². The van der Waals surface area contributed by atoms with Crippen molar-refractivity contribution in [2.45, 2.75) is 33.6 Å². The number of carboxylic acid groups (broad SMARTS) is 1. The molecule has 0 unspecified atom stereocenters. The van der Waals surface area contributed by atoms with Gasteiger partial charge in [0.05, 0.1) is 6.42 Å². The monoisotopic (exact) mass is 346 g/mol. The van der Waals surface area contributed by atoms with E-state index in [-0.39, 0.29) is 24.7 Å². The highest BCUT2D eigenvalue weighted by molar-refractivity contribution is 5.94. The molecule has 136 valence electrons. The number of carbonyl (C=O) groups excluding carboxylic acids is 2. The SMILES string of the molecule is Cc1ccc(C(=O)N2CCN(C(=O)CC(C)(C)CC(=O)O)CC2)cc1. The Bertz CT molecular complexity index is 644. The molecule has 1 N–H and O–H groups in total. The second-order valence-electron chi connectivity index (χ2n) is 7.45. The molecule has 0 aliphatic carbocycles. The van der Waals surface area contributed by atoms with Crippen molar-refractivity contribution in [2.75, 3.05) is 26.2 Å². The molecular weight excluding hydrogens is 320 g/mol. The fraction of sp³-hybridized carbons (Fsp3) is 0.526. The van der Waals surface area contributed by atoms with Gasteiger partial charge < -0.3 is 14.9 Å².